The van der Waals surface area contributed by atoms with E-state index in [1.807, 2.05) is 0 Å². The number of hydrogen-bond donors (Lipinski definition) is 1. The van der Waals surface area contributed by atoms with Crippen LogP contribution in [0.2, 0.25) is 5.02 Å². The summed E-state index contributed by atoms with van der Waals surface area (Å²) < 4.78 is 24.9. The average Bonchev–Trinajstić information content (AvgIpc) is 3.29. The minimum Gasteiger partial charge on any atom is -0.455 e. The molecule has 1 aliphatic heterocycles. The number of halogens is 2. The van der Waals surface area contributed by atoms with E-state index in [2.05, 4.69) is 10.2 Å². The zero-order chi connectivity index (χ0) is 23.2. The van der Waals surface area contributed by atoms with Gasteiger partial charge in [-0.3, -0.25) is 19.4 Å². The van der Waals surface area contributed by atoms with Crippen LogP contribution >= 0.6 is 11.6 Å². The molecule has 1 saturated carbocycles. The number of morpholine rings is 1. The van der Waals surface area contributed by atoms with Gasteiger partial charge in [0.25, 0.3) is 5.91 Å². The maximum absolute atomic E-state index is 13.7. The van der Waals surface area contributed by atoms with Crippen LogP contribution in [0.5, 0.6) is 0 Å². The standard InChI is InChI=1S/C24H29ClFN3O4/c25-20-14-18(6-8-21(20)26)29(16-23(30)27-17-4-2-1-3-5-17)24(31)22-9-7-19(33-22)15-28-10-12-32-13-11-28/h6-9,14,17H,1-5,10-13,15-16H2,(H,27,30). The minimum absolute atomic E-state index is 0.115. The van der Waals surface area contributed by atoms with Gasteiger partial charge in [0.1, 0.15) is 18.1 Å². The van der Waals surface area contributed by atoms with E-state index in [0.29, 0.717) is 31.2 Å². The van der Waals surface area contributed by atoms with E-state index in [-0.39, 0.29) is 29.3 Å². The van der Waals surface area contributed by atoms with Gasteiger partial charge in [-0.15, -0.1) is 0 Å². The molecular weight excluding hydrogens is 449 g/mol. The lowest BCUT2D eigenvalue weighted by molar-refractivity contribution is -0.120. The Morgan fingerprint density at radius 2 is 1.88 bits per heavy atom. The Bertz CT molecular complexity index is 970. The number of carbonyl (C=O) groups is 2. The molecule has 178 valence electrons. The highest BCUT2D eigenvalue weighted by Crippen LogP contribution is 2.25. The molecule has 9 heteroatoms. The van der Waals surface area contributed by atoms with Crippen molar-refractivity contribution in [1.29, 1.82) is 0 Å². The Morgan fingerprint density at radius 3 is 2.61 bits per heavy atom. The minimum atomic E-state index is -0.592. The molecule has 1 aromatic carbocycles. The van der Waals surface area contributed by atoms with Crippen LogP contribution in [0.4, 0.5) is 10.1 Å². The van der Waals surface area contributed by atoms with E-state index in [4.69, 9.17) is 20.8 Å². The molecule has 2 amide bonds. The second-order valence-corrected chi connectivity index (χ2v) is 8.95. The zero-order valence-electron chi connectivity index (χ0n) is 18.5. The lowest BCUT2D eigenvalue weighted by Gasteiger charge is -2.26. The summed E-state index contributed by atoms with van der Waals surface area (Å²) in [4.78, 5) is 29.6. The van der Waals surface area contributed by atoms with Crippen LogP contribution in [0.25, 0.3) is 0 Å². The van der Waals surface area contributed by atoms with Gasteiger partial charge in [0.15, 0.2) is 5.76 Å². The number of anilines is 1. The molecule has 0 unspecified atom stereocenters. The van der Waals surface area contributed by atoms with Crippen molar-refractivity contribution in [2.75, 3.05) is 37.7 Å². The summed E-state index contributed by atoms with van der Waals surface area (Å²) in [6, 6.07) is 7.45. The van der Waals surface area contributed by atoms with Gasteiger partial charge in [0, 0.05) is 24.8 Å². The Hall–Kier alpha value is -2.42. The summed E-state index contributed by atoms with van der Waals surface area (Å²) in [6.45, 7) is 3.29. The summed E-state index contributed by atoms with van der Waals surface area (Å²) in [5.41, 5.74) is 0.330. The van der Waals surface area contributed by atoms with Crippen molar-refractivity contribution in [2.24, 2.45) is 0 Å². The average molecular weight is 478 g/mol. The van der Waals surface area contributed by atoms with Crippen LogP contribution in [0.15, 0.2) is 34.7 Å². The third kappa shape index (κ3) is 6.34. The van der Waals surface area contributed by atoms with E-state index in [0.717, 1.165) is 38.8 Å². The van der Waals surface area contributed by atoms with Gasteiger partial charge >= 0.3 is 0 Å². The van der Waals surface area contributed by atoms with E-state index in [1.54, 1.807) is 12.1 Å². The van der Waals surface area contributed by atoms with Gasteiger partial charge in [0.2, 0.25) is 5.91 Å². The van der Waals surface area contributed by atoms with Crippen LogP contribution in [-0.2, 0) is 16.1 Å². The molecular formula is C24H29ClFN3O4. The normalized spacial score (nSPS) is 17.6. The highest BCUT2D eigenvalue weighted by Gasteiger charge is 2.26. The highest BCUT2D eigenvalue weighted by molar-refractivity contribution is 6.31. The molecule has 1 N–H and O–H groups in total. The largest absolute Gasteiger partial charge is 0.455 e. The van der Waals surface area contributed by atoms with Crippen LogP contribution in [-0.4, -0.2) is 55.6 Å². The maximum atomic E-state index is 13.7. The molecule has 0 radical (unpaired) electrons. The quantitative estimate of drug-likeness (QED) is 0.652. The molecule has 2 heterocycles. The Morgan fingerprint density at radius 1 is 1.12 bits per heavy atom. The Balaban J connectivity index is 1.50. The van der Waals surface area contributed by atoms with Gasteiger partial charge in [-0.1, -0.05) is 30.9 Å². The van der Waals surface area contributed by atoms with Gasteiger partial charge < -0.3 is 14.5 Å². The monoisotopic (exact) mass is 477 g/mol. The molecule has 0 bridgehead atoms. The molecule has 2 fully saturated rings. The van der Waals surface area contributed by atoms with Crippen LogP contribution in [0.3, 0.4) is 0 Å². The molecule has 0 atom stereocenters. The predicted octanol–water partition coefficient (Wildman–Crippen LogP) is 4.00. The number of hydrogen-bond acceptors (Lipinski definition) is 5. The summed E-state index contributed by atoms with van der Waals surface area (Å²) in [6.07, 6.45) is 5.21. The first-order valence-corrected chi connectivity index (χ1v) is 11.8. The van der Waals surface area contributed by atoms with Gasteiger partial charge in [-0.05, 0) is 43.2 Å². The van der Waals surface area contributed by atoms with E-state index < -0.39 is 11.7 Å². The first-order chi connectivity index (χ1) is 16.0. The molecule has 1 aliphatic carbocycles. The number of nitrogens with one attached hydrogen (secondary N) is 1. The lowest BCUT2D eigenvalue weighted by atomic mass is 9.95. The lowest BCUT2D eigenvalue weighted by Crippen LogP contribution is -2.45. The van der Waals surface area contributed by atoms with Crippen molar-refractivity contribution < 1.29 is 23.1 Å². The van der Waals surface area contributed by atoms with Crippen molar-refractivity contribution in [3.8, 4) is 0 Å². The fraction of sp³-hybridized carbons (Fsp3) is 0.500. The number of benzene rings is 1. The summed E-state index contributed by atoms with van der Waals surface area (Å²) in [7, 11) is 0. The van der Waals surface area contributed by atoms with E-state index in [9.17, 15) is 14.0 Å². The van der Waals surface area contributed by atoms with E-state index in [1.165, 1.54) is 29.5 Å². The molecule has 7 nitrogen and oxygen atoms in total. The SMILES string of the molecule is O=C(CN(C(=O)c1ccc(CN2CCOCC2)o1)c1ccc(F)c(Cl)c1)NC1CCCCC1. The number of amides is 2. The molecule has 33 heavy (non-hydrogen) atoms. The fourth-order valence-corrected chi connectivity index (χ4v) is 4.46. The van der Waals surface area contributed by atoms with Gasteiger partial charge in [-0.25, -0.2) is 4.39 Å². The Kier molecular flexibility index (Phi) is 8.01. The van der Waals surface area contributed by atoms with Gasteiger partial charge in [-0.2, -0.15) is 0 Å². The van der Waals surface area contributed by atoms with E-state index >= 15 is 0 Å². The Labute approximate surface area is 197 Å². The molecule has 1 aromatic heterocycles. The first kappa shape index (κ1) is 23.7. The number of furan rings is 1. The third-order valence-electron chi connectivity index (χ3n) is 6.09. The third-order valence-corrected chi connectivity index (χ3v) is 6.38. The zero-order valence-corrected chi connectivity index (χ0v) is 19.3. The van der Waals surface area contributed by atoms with Gasteiger partial charge in [0.05, 0.1) is 24.8 Å². The van der Waals surface area contributed by atoms with Crippen molar-refractivity contribution in [1.82, 2.24) is 10.2 Å². The number of carbonyl (C=O) groups excluding carboxylic acids is 2. The molecule has 1 saturated heterocycles. The summed E-state index contributed by atoms with van der Waals surface area (Å²) in [5, 5.41) is 2.90. The molecule has 2 aliphatic rings. The van der Waals surface area contributed by atoms with Crippen LogP contribution < -0.4 is 10.2 Å². The summed E-state index contributed by atoms with van der Waals surface area (Å²) in [5.74, 6) is -0.570. The fourth-order valence-electron chi connectivity index (χ4n) is 4.29. The highest BCUT2D eigenvalue weighted by atomic mass is 35.5. The predicted molar refractivity (Wildman–Crippen MR) is 123 cm³/mol. The van der Waals surface area contributed by atoms with Crippen LogP contribution in [0, 0.1) is 5.82 Å². The maximum Gasteiger partial charge on any atom is 0.294 e. The summed E-state index contributed by atoms with van der Waals surface area (Å²) >= 11 is 5.96. The molecule has 4 rings (SSSR count). The number of ether oxygens (including phenoxy) is 1. The smallest absolute Gasteiger partial charge is 0.294 e. The second kappa shape index (κ2) is 11.1. The second-order valence-electron chi connectivity index (χ2n) is 8.55. The van der Waals surface area contributed by atoms with Crippen molar-refractivity contribution in [2.45, 2.75) is 44.7 Å². The van der Waals surface area contributed by atoms with Crippen molar-refractivity contribution in [3.05, 3.63) is 52.7 Å². The molecule has 2 aromatic rings. The van der Waals surface area contributed by atoms with Crippen LogP contribution in [0.1, 0.15) is 48.4 Å². The topological polar surface area (TPSA) is 75.0 Å². The number of rotatable bonds is 7. The number of nitrogens with zero attached hydrogens (tertiary/aromatic N) is 2. The molecule has 0 spiro atoms. The first-order valence-electron chi connectivity index (χ1n) is 11.4. The van der Waals surface area contributed by atoms with Crippen molar-refractivity contribution >= 4 is 29.1 Å². The van der Waals surface area contributed by atoms with Crippen molar-refractivity contribution in [3.63, 3.8) is 0 Å².